The number of benzene rings is 2. The van der Waals surface area contributed by atoms with Crippen LogP contribution in [0.5, 0.6) is 5.75 Å². The molecule has 2 aromatic rings. The zero-order valence-electron chi connectivity index (χ0n) is 14.9. The molecule has 0 bridgehead atoms. The molecular formula is C20H27FNOP. The van der Waals surface area contributed by atoms with Gasteiger partial charge in [0.05, 0.1) is 0 Å². The van der Waals surface area contributed by atoms with E-state index in [1.165, 1.54) is 5.30 Å². The van der Waals surface area contributed by atoms with Gasteiger partial charge in [0, 0.05) is 17.3 Å². The average molecular weight is 347 g/mol. The summed E-state index contributed by atoms with van der Waals surface area (Å²) in [6.07, 6.45) is 1.86. The molecule has 24 heavy (non-hydrogen) atoms. The van der Waals surface area contributed by atoms with Crippen LogP contribution in [-0.2, 0) is 11.7 Å². The van der Waals surface area contributed by atoms with Gasteiger partial charge in [-0.1, -0.05) is 46.7 Å². The predicted octanol–water partition coefficient (Wildman–Crippen LogP) is 4.61. The van der Waals surface area contributed by atoms with E-state index in [-0.39, 0.29) is 11.0 Å². The highest BCUT2D eigenvalue weighted by molar-refractivity contribution is 7.48. The lowest BCUT2D eigenvalue weighted by atomic mass is 9.92. The minimum absolute atomic E-state index is 0.121. The highest BCUT2D eigenvalue weighted by Gasteiger charge is 2.32. The Morgan fingerprint density at radius 3 is 2.33 bits per heavy atom. The summed E-state index contributed by atoms with van der Waals surface area (Å²) in [6.45, 7) is 5.04. The van der Waals surface area contributed by atoms with Crippen LogP contribution in [0, 0.1) is 5.82 Å². The summed E-state index contributed by atoms with van der Waals surface area (Å²) in [6, 6.07) is 12.7. The molecule has 0 aromatic heterocycles. The Morgan fingerprint density at radius 1 is 1.08 bits per heavy atom. The highest BCUT2D eigenvalue weighted by Crippen LogP contribution is 2.50. The number of aromatic hydroxyl groups is 1. The molecule has 4 heteroatoms. The number of nitrogens with zero attached hydrogens (tertiary/aromatic N) is 1. The molecule has 2 nitrogen and oxygen atoms in total. The lowest BCUT2D eigenvalue weighted by molar-refractivity contribution is 0.402. The summed E-state index contributed by atoms with van der Waals surface area (Å²) < 4.78 is 13.7. The molecule has 1 atom stereocenters. The molecule has 0 radical (unpaired) electrons. The molecule has 130 valence electrons. The molecule has 2 aromatic carbocycles. The summed E-state index contributed by atoms with van der Waals surface area (Å²) in [4.78, 5) is 2.06. The van der Waals surface area contributed by atoms with Crippen molar-refractivity contribution in [2.45, 2.75) is 38.4 Å². The van der Waals surface area contributed by atoms with E-state index in [4.69, 9.17) is 0 Å². The van der Waals surface area contributed by atoms with Gasteiger partial charge in [-0.05, 0) is 56.0 Å². The monoisotopic (exact) mass is 347 g/mol. The second-order valence-corrected chi connectivity index (χ2v) is 8.22. The van der Waals surface area contributed by atoms with Gasteiger partial charge in [-0.2, -0.15) is 0 Å². The van der Waals surface area contributed by atoms with Crippen LogP contribution in [0.2, 0.25) is 0 Å². The smallest absolute Gasteiger partial charge is 0.123 e. The van der Waals surface area contributed by atoms with E-state index in [0.29, 0.717) is 20.9 Å². The highest BCUT2D eigenvalue weighted by atomic mass is 31.1. The number of phenols is 1. The van der Waals surface area contributed by atoms with Gasteiger partial charge in [0.15, 0.2) is 0 Å². The molecule has 1 unspecified atom stereocenters. The zero-order chi connectivity index (χ0) is 17.7. The number of rotatable bonds is 7. The minimum Gasteiger partial charge on any atom is -0.508 e. The Morgan fingerprint density at radius 2 is 1.75 bits per heavy atom. The maximum Gasteiger partial charge on any atom is 0.123 e. The first-order valence-corrected chi connectivity index (χ1v) is 9.41. The first kappa shape index (κ1) is 18.9. The van der Waals surface area contributed by atoms with Crippen molar-refractivity contribution in [2.75, 3.05) is 14.1 Å². The molecular weight excluding hydrogens is 320 g/mol. The SMILES string of the molecule is CCC(CC)(Pc1ccc(F)cc1CN(C)C)c1ccccc1O. The van der Waals surface area contributed by atoms with E-state index in [9.17, 15) is 9.50 Å². The average Bonchev–Trinajstić information content (AvgIpc) is 2.55. The van der Waals surface area contributed by atoms with Gasteiger partial charge in [0.1, 0.15) is 11.6 Å². The molecule has 0 aliphatic rings. The van der Waals surface area contributed by atoms with Crippen LogP contribution in [0.25, 0.3) is 0 Å². The molecule has 0 saturated heterocycles. The Labute approximate surface area is 146 Å². The van der Waals surface area contributed by atoms with Crippen molar-refractivity contribution in [3.05, 3.63) is 59.4 Å². The number of para-hydroxylation sites is 1. The third-order valence-electron chi connectivity index (χ3n) is 4.55. The van der Waals surface area contributed by atoms with Crippen LogP contribution < -0.4 is 5.30 Å². The molecule has 0 aliphatic heterocycles. The van der Waals surface area contributed by atoms with Crippen LogP contribution >= 0.6 is 8.58 Å². The summed E-state index contributed by atoms with van der Waals surface area (Å²) in [5.74, 6) is 0.159. The third kappa shape index (κ3) is 4.15. The van der Waals surface area contributed by atoms with Crippen LogP contribution in [0.4, 0.5) is 4.39 Å². The van der Waals surface area contributed by atoms with Gasteiger partial charge in [0.25, 0.3) is 0 Å². The topological polar surface area (TPSA) is 23.5 Å². The van der Waals surface area contributed by atoms with E-state index in [1.807, 2.05) is 38.4 Å². The standard InChI is InChI=1S/C20H27FNOP/c1-5-20(6-2,17-9-7-8-10-18(17)23)24-19-12-11-16(21)13-15(19)14-22(3)4/h7-13,23-24H,5-6,14H2,1-4H3. The summed E-state index contributed by atoms with van der Waals surface area (Å²) >= 11 is 0. The second-order valence-electron chi connectivity index (χ2n) is 6.47. The van der Waals surface area contributed by atoms with Crippen LogP contribution in [0.1, 0.15) is 37.8 Å². The van der Waals surface area contributed by atoms with Crippen molar-refractivity contribution in [3.8, 4) is 5.75 Å². The number of hydrogen-bond acceptors (Lipinski definition) is 2. The molecule has 0 aliphatic carbocycles. The second kappa shape index (κ2) is 8.09. The lowest BCUT2D eigenvalue weighted by Crippen LogP contribution is -2.24. The molecule has 0 amide bonds. The Kier molecular flexibility index (Phi) is 6.37. The number of hydrogen-bond donors (Lipinski definition) is 1. The fraction of sp³-hybridized carbons (Fsp3) is 0.400. The molecule has 0 heterocycles. The zero-order valence-corrected chi connectivity index (χ0v) is 15.9. The number of halogens is 1. The van der Waals surface area contributed by atoms with Crippen LogP contribution in [-0.4, -0.2) is 24.1 Å². The molecule has 0 saturated carbocycles. The molecule has 0 spiro atoms. The van der Waals surface area contributed by atoms with Crippen molar-refractivity contribution in [3.63, 3.8) is 0 Å². The lowest BCUT2D eigenvalue weighted by Gasteiger charge is -2.34. The Balaban J connectivity index is 2.47. The van der Waals surface area contributed by atoms with E-state index in [2.05, 4.69) is 18.7 Å². The van der Waals surface area contributed by atoms with Crippen molar-refractivity contribution < 1.29 is 9.50 Å². The van der Waals surface area contributed by atoms with E-state index in [1.54, 1.807) is 18.2 Å². The maximum atomic E-state index is 13.7. The Hall–Kier alpha value is -1.44. The van der Waals surface area contributed by atoms with E-state index in [0.717, 1.165) is 24.0 Å². The predicted molar refractivity (Wildman–Crippen MR) is 102 cm³/mol. The summed E-state index contributed by atoms with van der Waals surface area (Å²) in [5, 5.41) is 11.4. The first-order chi connectivity index (χ1) is 11.4. The van der Waals surface area contributed by atoms with Crippen molar-refractivity contribution in [1.82, 2.24) is 4.90 Å². The summed E-state index contributed by atoms with van der Waals surface area (Å²) in [7, 11) is 4.47. The molecule has 0 fully saturated rings. The minimum atomic E-state index is -0.193. The maximum absolute atomic E-state index is 13.7. The van der Waals surface area contributed by atoms with Crippen LogP contribution in [0.3, 0.4) is 0 Å². The fourth-order valence-corrected chi connectivity index (χ4v) is 4.86. The fourth-order valence-electron chi connectivity index (χ4n) is 3.17. The van der Waals surface area contributed by atoms with Crippen LogP contribution in [0.15, 0.2) is 42.5 Å². The first-order valence-electron chi connectivity index (χ1n) is 8.41. The van der Waals surface area contributed by atoms with Crippen molar-refractivity contribution in [1.29, 1.82) is 0 Å². The van der Waals surface area contributed by atoms with Gasteiger partial charge in [-0.25, -0.2) is 4.39 Å². The van der Waals surface area contributed by atoms with E-state index >= 15 is 0 Å². The van der Waals surface area contributed by atoms with Gasteiger partial charge in [-0.3, -0.25) is 0 Å². The van der Waals surface area contributed by atoms with Gasteiger partial charge in [0.2, 0.25) is 0 Å². The largest absolute Gasteiger partial charge is 0.508 e. The number of phenolic OH excluding ortho intramolecular Hbond substituents is 1. The molecule has 1 N–H and O–H groups in total. The van der Waals surface area contributed by atoms with Crippen molar-refractivity contribution in [2.24, 2.45) is 0 Å². The third-order valence-corrected chi connectivity index (χ3v) is 6.77. The van der Waals surface area contributed by atoms with Crippen molar-refractivity contribution >= 4 is 13.9 Å². The van der Waals surface area contributed by atoms with Gasteiger partial charge in [-0.15, -0.1) is 0 Å². The van der Waals surface area contributed by atoms with E-state index < -0.39 is 0 Å². The summed E-state index contributed by atoms with van der Waals surface area (Å²) in [5.41, 5.74) is 2.02. The van der Waals surface area contributed by atoms with Gasteiger partial charge < -0.3 is 10.0 Å². The normalized spacial score (nSPS) is 12.4. The van der Waals surface area contributed by atoms with Gasteiger partial charge >= 0.3 is 0 Å². The molecule has 2 rings (SSSR count). The Bertz CT molecular complexity index is 683. The quantitative estimate of drug-likeness (QED) is 0.739.